The maximum Gasteiger partial charge on any atom is 0.409 e. The quantitative estimate of drug-likeness (QED) is 0.776. The van der Waals surface area contributed by atoms with Gasteiger partial charge in [0.05, 0.1) is 5.41 Å². The van der Waals surface area contributed by atoms with E-state index in [0.29, 0.717) is 39.0 Å². The van der Waals surface area contributed by atoms with E-state index in [0.717, 1.165) is 0 Å². The maximum absolute atomic E-state index is 12.7. The van der Waals surface area contributed by atoms with Gasteiger partial charge in [-0.2, -0.15) is 0 Å². The molecule has 1 aliphatic heterocycles. The SMILES string of the molecule is COCCC1(C(=O)O)CCN(C(=O)OCC2c3ccccc3-c3ccccc32)CC1. The molecule has 0 radical (unpaired) electrons. The maximum atomic E-state index is 12.7. The summed E-state index contributed by atoms with van der Waals surface area (Å²) in [5, 5.41) is 9.68. The number of rotatable bonds is 6. The van der Waals surface area contributed by atoms with Crippen molar-refractivity contribution in [2.24, 2.45) is 5.41 Å². The third-order valence-corrected chi connectivity index (χ3v) is 6.55. The highest BCUT2D eigenvalue weighted by Crippen LogP contribution is 2.44. The molecule has 4 rings (SSSR count). The van der Waals surface area contributed by atoms with Crippen molar-refractivity contribution in [1.82, 2.24) is 4.90 Å². The topological polar surface area (TPSA) is 76.1 Å². The van der Waals surface area contributed by atoms with E-state index >= 15 is 0 Å². The van der Waals surface area contributed by atoms with E-state index in [9.17, 15) is 14.7 Å². The fourth-order valence-corrected chi connectivity index (χ4v) is 4.67. The summed E-state index contributed by atoms with van der Waals surface area (Å²) in [7, 11) is 1.57. The lowest BCUT2D eigenvalue weighted by Crippen LogP contribution is -2.47. The Morgan fingerprint density at radius 3 is 2.13 bits per heavy atom. The fourth-order valence-electron chi connectivity index (χ4n) is 4.67. The molecule has 1 N–H and O–H groups in total. The standard InChI is InChI=1S/C24H27NO5/c1-29-15-12-24(22(26)27)10-13-25(14-11-24)23(28)30-16-21-19-8-4-2-6-17(19)18-7-3-5-9-20(18)21/h2-9,21H,10-16H2,1H3,(H,26,27). The number of nitrogens with zero attached hydrogens (tertiary/aromatic N) is 1. The number of likely N-dealkylation sites (tertiary alicyclic amines) is 1. The van der Waals surface area contributed by atoms with Gasteiger partial charge in [-0.25, -0.2) is 4.79 Å². The molecule has 6 heteroatoms. The second-order valence-electron chi connectivity index (χ2n) is 8.12. The second kappa shape index (κ2) is 8.48. The van der Waals surface area contributed by atoms with E-state index in [-0.39, 0.29) is 18.6 Å². The summed E-state index contributed by atoms with van der Waals surface area (Å²) in [5.41, 5.74) is 3.91. The Morgan fingerprint density at radius 1 is 1.03 bits per heavy atom. The number of aliphatic carboxylic acids is 1. The van der Waals surface area contributed by atoms with Gasteiger partial charge in [-0.1, -0.05) is 48.5 Å². The van der Waals surface area contributed by atoms with Crippen LogP contribution in [-0.2, 0) is 14.3 Å². The Bertz CT molecular complexity index is 887. The predicted octanol–water partition coefficient (Wildman–Crippen LogP) is 4.14. The van der Waals surface area contributed by atoms with Gasteiger partial charge >= 0.3 is 12.1 Å². The summed E-state index contributed by atoms with van der Waals surface area (Å²) in [6.45, 7) is 1.44. The molecule has 0 atom stereocenters. The Kier molecular flexibility index (Phi) is 5.77. The molecule has 2 aromatic carbocycles. The zero-order valence-corrected chi connectivity index (χ0v) is 17.2. The zero-order chi connectivity index (χ0) is 21.1. The monoisotopic (exact) mass is 409 g/mol. The number of piperidine rings is 1. The van der Waals surface area contributed by atoms with E-state index < -0.39 is 11.4 Å². The number of carbonyl (C=O) groups excluding carboxylic acids is 1. The number of methoxy groups -OCH3 is 1. The van der Waals surface area contributed by atoms with Crippen LogP contribution in [0.4, 0.5) is 4.79 Å². The van der Waals surface area contributed by atoms with E-state index in [1.807, 2.05) is 24.3 Å². The van der Waals surface area contributed by atoms with Crippen molar-refractivity contribution in [3.8, 4) is 11.1 Å². The minimum atomic E-state index is -0.823. The summed E-state index contributed by atoms with van der Waals surface area (Å²) in [5.74, 6) is -0.794. The van der Waals surface area contributed by atoms with Crippen molar-refractivity contribution in [1.29, 1.82) is 0 Å². The number of carboxylic acids is 1. The first-order valence-electron chi connectivity index (χ1n) is 10.4. The number of amides is 1. The molecule has 1 saturated heterocycles. The third-order valence-electron chi connectivity index (χ3n) is 6.55. The largest absolute Gasteiger partial charge is 0.481 e. The van der Waals surface area contributed by atoms with Crippen LogP contribution in [-0.4, -0.2) is 55.5 Å². The first-order valence-corrected chi connectivity index (χ1v) is 10.4. The summed E-state index contributed by atoms with van der Waals surface area (Å²) in [6.07, 6.45) is 0.908. The second-order valence-corrected chi connectivity index (χ2v) is 8.12. The number of benzene rings is 2. The van der Waals surface area contributed by atoms with Crippen molar-refractivity contribution < 1.29 is 24.2 Å². The molecule has 30 heavy (non-hydrogen) atoms. The van der Waals surface area contributed by atoms with Crippen LogP contribution in [0.25, 0.3) is 11.1 Å². The van der Waals surface area contributed by atoms with Crippen LogP contribution in [0.15, 0.2) is 48.5 Å². The lowest BCUT2D eigenvalue weighted by molar-refractivity contribution is -0.153. The summed E-state index contributed by atoms with van der Waals surface area (Å²) < 4.78 is 10.8. The third kappa shape index (κ3) is 3.67. The molecular formula is C24H27NO5. The molecule has 1 fully saturated rings. The number of hydrogen-bond donors (Lipinski definition) is 1. The molecule has 0 spiro atoms. The van der Waals surface area contributed by atoms with Gasteiger partial charge in [0, 0.05) is 32.7 Å². The molecule has 158 valence electrons. The number of fused-ring (bicyclic) bond motifs is 3. The van der Waals surface area contributed by atoms with Crippen LogP contribution in [0.5, 0.6) is 0 Å². The minimum absolute atomic E-state index is 0.0194. The van der Waals surface area contributed by atoms with Gasteiger partial charge in [0.15, 0.2) is 0 Å². The van der Waals surface area contributed by atoms with Crippen molar-refractivity contribution in [3.63, 3.8) is 0 Å². The molecule has 0 unspecified atom stereocenters. The molecule has 1 heterocycles. The van der Waals surface area contributed by atoms with Gasteiger partial charge in [-0.15, -0.1) is 0 Å². The van der Waals surface area contributed by atoms with Gasteiger partial charge in [-0.05, 0) is 41.5 Å². The van der Waals surface area contributed by atoms with Crippen LogP contribution in [0, 0.1) is 5.41 Å². The van der Waals surface area contributed by atoms with Crippen LogP contribution < -0.4 is 0 Å². The molecule has 1 amide bonds. The van der Waals surface area contributed by atoms with Crippen LogP contribution in [0.3, 0.4) is 0 Å². The molecular weight excluding hydrogens is 382 g/mol. The highest BCUT2D eigenvalue weighted by atomic mass is 16.6. The van der Waals surface area contributed by atoms with Gasteiger partial charge in [0.2, 0.25) is 0 Å². The Morgan fingerprint density at radius 2 is 1.60 bits per heavy atom. The van der Waals surface area contributed by atoms with Gasteiger partial charge in [0.25, 0.3) is 0 Å². The van der Waals surface area contributed by atoms with E-state index in [2.05, 4.69) is 24.3 Å². The minimum Gasteiger partial charge on any atom is -0.481 e. The summed E-state index contributed by atoms with van der Waals surface area (Å²) in [4.78, 5) is 26.1. The Balaban J connectivity index is 1.40. The lowest BCUT2D eigenvalue weighted by Gasteiger charge is -2.38. The van der Waals surface area contributed by atoms with Crippen molar-refractivity contribution in [2.75, 3.05) is 33.4 Å². The van der Waals surface area contributed by atoms with Crippen LogP contribution in [0.2, 0.25) is 0 Å². The first kappa shape index (κ1) is 20.4. The average molecular weight is 409 g/mol. The Hall–Kier alpha value is -2.86. The smallest absolute Gasteiger partial charge is 0.409 e. The predicted molar refractivity (Wildman–Crippen MR) is 112 cm³/mol. The number of hydrogen-bond acceptors (Lipinski definition) is 4. The molecule has 0 saturated carbocycles. The van der Waals surface area contributed by atoms with E-state index in [4.69, 9.17) is 9.47 Å². The first-order chi connectivity index (χ1) is 14.6. The summed E-state index contributed by atoms with van der Waals surface area (Å²) >= 11 is 0. The molecule has 2 aromatic rings. The van der Waals surface area contributed by atoms with Gasteiger partial charge in [-0.3, -0.25) is 4.79 Å². The van der Waals surface area contributed by atoms with Gasteiger partial charge < -0.3 is 19.5 Å². The summed E-state index contributed by atoms with van der Waals surface area (Å²) in [6, 6.07) is 16.5. The number of carbonyl (C=O) groups is 2. The van der Waals surface area contributed by atoms with Crippen molar-refractivity contribution in [3.05, 3.63) is 59.7 Å². The fraction of sp³-hybridized carbons (Fsp3) is 0.417. The number of ether oxygens (including phenoxy) is 2. The lowest BCUT2D eigenvalue weighted by atomic mass is 9.76. The average Bonchev–Trinajstić information content (AvgIpc) is 3.10. The normalized spacial score (nSPS) is 17.3. The van der Waals surface area contributed by atoms with Crippen molar-refractivity contribution >= 4 is 12.1 Å². The number of carboxylic acid groups (broad SMARTS) is 1. The highest BCUT2D eigenvalue weighted by molar-refractivity contribution is 5.79. The Labute approximate surface area is 176 Å². The van der Waals surface area contributed by atoms with Gasteiger partial charge in [0.1, 0.15) is 6.61 Å². The molecule has 0 aromatic heterocycles. The van der Waals surface area contributed by atoms with Crippen LogP contribution in [0.1, 0.15) is 36.3 Å². The van der Waals surface area contributed by atoms with E-state index in [1.54, 1.807) is 12.0 Å². The molecule has 6 nitrogen and oxygen atoms in total. The molecule has 1 aliphatic carbocycles. The zero-order valence-electron chi connectivity index (χ0n) is 17.2. The van der Waals surface area contributed by atoms with Crippen molar-refractivity contribution in [2.45, 2.75) is 25.2 Å². The molecule has 0 bridgehead atoms. The molecule has 2 aliphatic rings. The van der Waals surface area contributed by atoms with Crippen LogP contribution >= 0.6 is 0 Å². The van der Waals surface area contributed by atoms with E-state index in [1.165, 1.54) is 22.3 Å². The highest BCUT2D eigenvalue weighted by Gasteiger charge is 2.42.